The minimum Gasteiger partial charge on any atom is -0.465 e. The van der Waals surface area contributed by atoms with E-state index in [0.717, 1.165) is 18.9 Å². The van der Waals surface area contributed by atoms with Gasteiger partial charge in [0.1, 0.15) is 5.82 Å². The van der Waals surface area contributed by atoms with Crippen LogP contribution in [0.5, 0.6) is 0 Å². The summed E-state index contributed by atoms with van der Waals surface area (Å²) in [5.74, 6) is 0.513. The average molecular weight is 292 g/mol. The fraction of sp³-hybridized carbons (Fsp3) is 0.625. The first-order valence-corrected chi connectivity index (χ1v) is 7.15. The van der Waals surface area contributed by atoms with Gasteiger partial charge in [0.15, 0.2) is 0 Å². The zero-order valence-electron chi connectivity index (χ0n) is 13.7. The van der Waals surface area contributed by atoms with Crippen LogP contribution in [0.25, 0.3) is 0 Å². The minimum absolute atomic E-state index is 0.238. The van der Waals surface area contributed by atoms with Crippen LogP contribution >= 0.6 is 0 Å². The lowest BCUT2D eigenvalue weighted by atomic mass is 9.99. The molecular formula is C16H24N2O3. The molecule has 0 N–H and O–H groups in total. The van der Waals surface area contributed by atoms with Gasteiger partial charge in [-0.15, -0.1) is 0 Å². The molecule has 0 atom stereocenters. The molecular weight excluding hydrogens is 268 g/mol. The van der Waals surface area contributed by atoms with Gasteiger partial charge >= 0.3 is 5.97 Å². The highest BCUT2D eigenvalue weighted by Crippen LogP contribution is 2.31. The molecule has 1 aliphatic rings. The highest BCUT2D eigenvalue weighted by molar-refractivity contribution is 5.90. The molecule has 0 amide bonds. The van der Waals surface area contributed by atoms with E-state index in [1.54, 1.807) is 6.07 Å². The molecule has 0 bridgehead atoms. The fourth-order valence-corrected chi connectivity index (χ4v) is 3.00. The van der Waals surface area contributed by atoms with Crippen molar-refractivity contribution in [3.63, 3.8) is 0 Å². The maximum Gasteiger partial charge on any atom is 0.339 e. The van der Waals surface area contributed by atoms with Gasteiger partial charge in [-0.2, -0.15) is 0 Å². The molecule has 0 aliphatic carbocycles. The molecule has 2 rings (SSSR count). The molecule has 5 heteroatoms. The Labute approximate surface area is 126 Å². The molecule has 5 nitrogen and oxygen atoms in total. The topological polar surface area (TPSA) is 51.7 Å². The molecule has 0 radical (unpaired) electrons. The van der Waals surface area contributed by atoms with E-state index in [0.29, 0.717) is 11.3 Å². The third-order valence-electron chi connectivity index (χ3n) is 3.50. The van der Waals surface area contributed by atoms with Crippen molar-refractivity contribution in [1.29, 1.82) is 0 Å². The van der Waals surface area contributed by atoms with E-state index in [-0.39, 0.29) is 17.2 Å². The predicted molar refractivity (Wildman–Crippen MR) is 81.8 cm³/mol. The number of carbonyl (C=O) groups is 1. The maximum absolute atomic E-state index is 11.6. The normalized spacial score (nSPS) is 20.2. The molecule has 1 fully saturated rings. The van der Waals surface area contributed by atoms with Crippen molar-refractivity contribution in [1.82, 2.24) is 4.98 Å². The maximum atomic E-state index is 11.6. The van der Waals surface area contributed by atoms with Crippen molar-refractivity contribution in [3.05, 3.63) is 23.4 Å². The Morgan fingerprint density at radius 1 is 1.24 bits per heavy atom. The second-order valence-corrected chi connectivity index (χ2v) is 6.77. The summed E-state index contributed by atoms with van der Waals surface area (Å²) in [7, 11) is 1.38. The van der Waals surface area contributed by atoms with Gasteiger partial charge in [0.25, 0.3) is 0 Å². The summed E-state index contributed by atoms with van der Waals surface area (Å²) in [6.45, 7) is 11.7. The average Bonchev–Trinajstić information content (AvgIpc) is 2.34. The van der Waals surface area contributed by atoms with Gasteiger partial charge in [-0.1, -0.05) is 0 Å². The monoisotopic (exact) mass is 292 g/mol. The molecule has 1 aliphatic heterocycles. The molecule has 0 saturated carbocycles. The molecule has 0 aromatic carbocycles. The first-order chi connectivity index (χ1) is 9.63. The second kappa shape index (κ2) is 5.30. The van der Waals surface area contributed by atoms with Crippen LogP contribution in [0, 0.1) is 6.92 Å². The van der Waals surface area contributed by atoms with E-state index in [9.17, 15) is 4.79 Å². The lowest BCUT2D eigenvalue weighted by molar-refractivity contribution is -0.133. The number of aryl methyl sites for hydroxylation is 1. The summed E-state index contributed by atoms with van der Waals surface area (Å²) in [6, 6.07) is 3.65. The molecule has 1 aromatic rings. The third-order valence-corrected chi connectivity index (χ3v) is 3.50. The van der Waals surface area contributed by atoms with Gasteiger partial charge in [0.2, 0.25) is 0 Å². The smallest absolute Gasteiger partial charge is 0.339 e. The summed E-state index contributed by atoms with van der Waals surface area (Å²) in [5, 5.41) is 0. The Bertz CT molecular complexity index is 536. The van der Waals surface area contributed by atoms with Crippen LogP contribution in [0.1, 0.15) is 43.7 Å². The number of hydrogen-bond donors (Lipinski definition) is 0. The summed E-state index contributed by atoms with van der Waals surface area (Å²) in [6.07, 6.45) is 0. The van der Waals surface area contributed by atoms with Gasteiger partial charge < -0.3 is 14.4 Å². The highest BCUT2D eigenvalue weighted by Gasteiger charge is 2.38. The molecule has 1 saturated heterocycles. The van der Waals surface area contributed by atoms with E-state index in [1.165, 1.54) is 7.11 Å². The van der Waals surface area contributed by atoms with E-state index in [2.05, 4.69) is 37.6 Å². The number of carbonyl (C=O) groups excluding carboxylic acids is 1. The molecule has 21 heavy (non-hydrogen) atoms. The summed E-state index contributed by atoms with van der Waals surface area (Å²) in [4.78, 5) is 18.4. The van der Waals surface area contributed by atoms with Crippen LogP contribution < -0.4 is 4.90 Å². The number of hydrogen-bond acceptors (Lipinski definition) is 5. The number of anilines is 1. The molecule has 2 heterocycles. The standard InChI is InChI=1S/C16H24N2O3/c1-11-12(14(19)20-6)7-8-13(17-11)18-9-15(2,3)21-16(4,5)10-18/h7-8H,9-10H2,1-6H3. The summed E-state index contributed by atoms with van der Waals surface area (Å²) in [5.41, 5.74) is 0.714. The zero-order chi connectivity index (χ0) is 15.8. The molecule has 116 valence electrons. The number of pyridine rings is 1. The molecule has 0 unspecified atom stereocenters. The number of methoxy groups -OCH3 is 1. The third kappa shape index (κ3) is 3.53. The van der Waals surface area contributed by atoms with Gasteiger partial charge in [0.05, 0.1) is 29.6 Å². The van der Waals surface area contributed by atoms with E-state index in [1.807, 2.05) is 13.0 Å². The quantitative estimate of drug-likeness (QED) is 0.784. The van der Waals surface area contributed by atoms with Crippen LogP contribution in [-0.2, 0) is 9.47 Å². The lowest BCUT2D eigenvalue weighted by Gasteiger charge is -2.47. The van der Waals surface area contributed by atoms with Crippen LogP contribution in [0.3, 0.4) is 0 Å². The van der Waals surface area contributed by atoms with Crippen molar-refractivity contribution in [2.75, 3.05) is 25.1 Å². The second-order valence-electron chi connectivity index (χ2n) is 6.77. The number of rotatable bonds is 2. The largest absolute Gasteiger partial charge is 0.465 e. The lowest BCUT2D eigenvalue weighted by Crippen LogP contribution is -2.57. The van der Waals surface area contributed by atoms with E-state index >= 15 is 0 Å². The van der Waals surface area contributed by atoms with Crippen LogP contribution in [-0.4, -0.2) is 42.4 Å². The zero-order valence-corrected chi connectivity index (χ0v) is 13.7. The van der Waals surface area contributed by atoms with Gasteiger partial charge in [-0.05, 0) is 46.8 Å². The van der Waals surface area contributed by atoms with Crippen molar-refractivity contribution < 1.29 is 14.3 Å². The number of morpholine rings is 1. The van der Waals surface area contributed by atoms with Crippen molar-refractivity contribution in [3.8, 4) is 0 Å². The SMILES string of the molecule is COC(=O)c1ccc(N2CC(C)(C)OC(C)(C)C2)nc1C. The first-order valence-electron chi connectivity index (χ1n) is 7.15. The highest BCUT2D eigenvalue weighted by atomic mass is 16.5. The van der Waals surface area contributed by atoms with Crippen molar-refractivity contribution in [2.45, 2.75) is 45.8 Å². The Hall–Kier alpha value is -1.62. The van der Waals surface area contributed by atoms with E-state index in [4.69, 9.17) is 9.47 Å². The number of esters is 1. The fourth-order valence-electron chi connectivity index (χ4n) is 3.00. The minimum atomic E-state index is -0.353. The molecule has 1 aromatic heterocycles. The van der Waals surface area contributed by atoms with Crippen LogP contribution in [0.4, 0.5) is 5.82 Å². The van der Waals surface area contributed by atoms with E-state index < -0.39 is 0 Å². The van der Waals surface area contributed by atoms with Crippen molar-refractivity contribution in [2.24, 2.45) is 0 Å². The Kier molecular flexibility index (Phi) is 3.97. The van der Waals surface area contributed by atoms with Gasteiger partial charge in [-0.3, -0.25) is 0 Å². The summed E-state index contributed by atoms with van der Waals surface area (Å²) >= 11 is 0. The predicted octanol–water partition coefficient (Wildman–Crippen LogP) is 2.57. The Balaban J connectivity index is 2.30. The Morgan fingerprint density at radius 2 is 1.81 bits per heavy atom. The number of aromatic nitrogens is 1. The first kappa shape index (κ1) is 15.8. The van der Waals surface area contributed by atoms with Crippen LogP contribution in [0.2, 0.25) is 0 Å². The molecule has 0 spiro atoms. The van der Waals surface area contributed by atoms with Crippen molar-refractivity contribution >= 4 is 11.8 Å². The van der Waals surface area contributed by atoms with Gasteiger partial charge in [-0.25, -0.2) is 9.78 Å². The number of ether oxygens (including phenoxy) is 2. The number of nitrogens with zero attached hydrogens (tertiary/aromatic N) is 2. The summed E-state index contributed by atoms with van der Waals surface area (Å²) < 4.78 is 10.8. The Morgan fingerprint density at radius 3 is 2.29 bits per heavy atom. The van der Waals surface area contributed by atoms with Crippen LogP contribution in [0.15, 0.2) is 12.1 Å². The van der Waals surface area contributed by atoms with Gasteiger partial charge in [0, 0.05) is 13.1 Å².